The second-order valence-corrected chi connectivity index (χ2v) is 5.58. The van der Waals surface area contributed by atoms with Crippen LogP contribution in [-0.4, -0.2) is 34.6 Å². The Labute approximate surface area is 104 Å². The maximum Gasteiger partial charge on any atom is 0.0544 e. The molecule has 0 saturated carbocycles. The van der Waals surface area contributed by atoms with Gasteiger partial charge < -0.3 is 5.32 Å². The van der Waals surface area contributed by atoms with E-state index in [1.54, 1.807) is 0 Å². The molecule has 0 amide bonds. The predicted molar refractivity (Wildman–Crippen MR) is 70.8 cm³/mol. The number of rotatable bonds is 2. The van der Waals surface area contributed by atoms with Gasteiger partial charge in [0.15, 0.2) is 0 Å². The molecular formula is C14H23N3. The van der Waals surface area contributed by atoms with Crippen molar-refractivity contribution in [1.29, 1.82) is 0 Å². The van der Waals surface area contributed by atoms with Crippen molar-refractivity contribution in [3.05, 3.63) is 30.1 Å². The first-order chi connectivity index (χ1) is 8.09. The molecule has 1 aromatic rings. The van der Waals surface area contributed by atoms with Crippen LogP contribution >= 0.6 is 0 Å². The zero-order chi connectivity index (χ0) is 12.3. The van der Waals surface area contributed by atoms with Crippen LogP contribution in [0.5, 0.6) is 0 Å². The van der Waals surface area contributed by atoms with E-state index < -0.39 is 0 Å². The highest BCUT2D eigenvalue weighted by Gasteiger charge is 2.32. The number of nitrogens with zero attached hydrogens (tertiary/aromatic N) is 2. The van der Waals surface area contributed by atoms with Crippen LogP contribution in [0.4, 0.5) is 0 Å². The summed E-state index contributed by atoms with van der Waals surface area (Å²) in [6.07, 6.45) is 3.08. The SMILES string of the molecule is CC1CCNCC(C)(C)N1Cc1ccccn1. The molecule has 0 aromatic carbocycles. The zero-order valence-corrected chi connectivity index (χ0v) is 11.1. The molecule has 1 saturated heterocycles. The Morgan fingerprint density at radius 3 is 3.00 bits per heavy atom. The van der Waals surface area contributed by atoms with E-state index in [1.807, 2.05) is 12.3 Å². The Bertz CT molecular complexity index is 348. The van der Waals surface area contributed by atoms with Gasteiger partial charge in [0.25, 0.3) is 0 Å². The summed E-state index contributed by atoms with van der Waals surface area (Å²) in [7, 11) is 0. The van der Waals surface area contributed by atoms with Gasteiger partial charge in [-0.2, -0.15) is 0 Å². The maximum absolute atomic E-state index is 4.44. The Hall–Kier alpha value is -0.930. The lowest BCUT2D eigenvalue weighted by molar-refractivity contribution is 0.0784. The van der Waals surface area contributed by atoms with E-state index in [0.29, 0.717) is 6.04 Å². The van der Waals surface area contributed by atoms with Crippen LogP contribution in [0, 0.1) is 0 Å². The monoisotopic (exact) mass is 233 g/mol. The summed E-state index contributed by atoms with van der Waals surface area (Å²) in [5, 5.41) is 3.52. The summed E-state index contributed by atoms with van der Waals surface area (Å²) in [5.74, 6) is 0. The van der Waals surface area contributed by atoms with Crippen molar-refractivity contribution in [3.8, 4) is 0 Å². The van der Waals surface area contributed by atoms with Crippen molar-refractivity contribution in [2.75, 3.05) is 13.1 Å². The molecule has 1 aromatic heterocycles. The summed E-state index contributed by atoms with van der Waals surface area (Å²) in [6.45, 7) is 10.0. The second kappa shape index (κ2) is 5.15. The third kappa shape index (κ3) is 3.05. The number of hydrogen-bond acceptors (Lipinski definition) is 3. The molecule has 0 aliphatic carbocycles. The van der Waals surface area contributed by atoms with Gasteiger partial charge >= 0.3 is 0 Å². The Balaban J connectivity index is 2.15. The number of hydrogen-bond donors (Lipinski definition) is 1. The summed E-state index contributed by atoms with van der Waals surface area (Å²) in [5.41, 5.74) is 1.35. The molecule has 2 rings (SSSR count). The summed E-state index contributed by atoms with van der Waals surface area (Å²) in [4.78, 5) is 7.01. The Morgan fingerprint density at radius 2 is 2.29 bits per heavy atom. The average Bonchev–Trinajstić information content (AvgIpc) is 2.43. The topological polar surface area (TPSA) is 28.2 Å². The van der Waals surface area contributed by atoms with Gasteiger partial charge in [0.05, 0.1) is 5.69 Å². The van der Waals surface area contributed by atoms with Crippen LogP contribution in [-0.2, 0) is 6.54 Å². The van der Waals surface area contributed by atoms with Crippen LogP contribution in [0.15, 0.2) is 24.4 Å². The molecule has 1 N–H and O–H groups in total. The highest BCUT2D eigenvalue weighted by molar-refractivity contribution is 5.05. The first-order valence-electron chi connectivity index (χ1n) is 6.47. The molecule has 1 aliphatic heterocycles. The highest BCUT2D eigenvalue weighted by atomic mass is 15.2. The van der Waals surface area contributed by atoms with E-state index in [0.717, 1.165) is 25.3 Å². The number of pyridine rings is 1. The minimum atomic E-state index is 0.188. The normalized spacial score (nSPS) is 25.5. The van der Waals surface area contributed by atoms with Gasteiger partial charge in [0, 0.05) is 30.9 Å². The van der Waals surface area contributed by atoms with Gasteiger partial charge in [0.2, 0.25) is 0 Å². The van der Waals surface area contributed by atoms with Crippen molar-refractivity contribution in [2.24, 2.45) is 0 Å². The summed E-state index contributed by atoms with van der Waals surface area (Å²) >= 11 is 0. The molecule has 1 unspecified atom stereocenters. The molecular weight excluding hydrogens is 210 g/mol. The minimum absolute atomic E-state index is 0.188. The van der Waals surface area contributed by atoms with Crippen LogP contribution < -0.4 is 5.32 Å². The fourth-order valence-corrected chi connectivity index (χ4v) is 2.60. The van der Waals surface area contributed by atoms with Gasteiger partial charge in [-0.15, -0.1) is 0 Å². The smallest absolute Gasteiger partial charge is 0.0544 e. The van der Waals surface area contributed by atoms with Crippen molar-refractivity contribution in [1.82, 2.24) is 15.2 Å². The van der Waals surface area contributed by atoms with Gasteiger partial charge in [-0.1, -0.05) is 6.07 Å². The maximum atomic E-state index is 4.44. The summed E-state index contributed by atoms with van der Waals surface area (Å²) < 4.78 is 0. The van der Waals surface area contributed by atoms with Crippen molar-refractivity contribution in [2.45, 2.75) is 45.3 Å². The fourth-order valence-electron chi connectivity index (χ4n) is 2.60. The van der Waals surface area contributed by atoms with E-state index in [-0.39, 0.29) is 5.54 Å². The van der Waals surface area contributed by atoms with Gasteiger partial charge in [-0.05, 0) is 45.9 Å². The molecule has 2 heterocycles. The largest absolute Gasteiger partial charge is 0.315 e. The Kier molecular flexibility index (Phi) is 3.79. The van der Waals surface area contributed by atoms with Crippen LogP contribution in [0.2, 0.25) is 0 Å². The fraction of sp³-hybridized carbons (Fsp3) is 0.643. The second-order valence-electron chi connectivity index (χ2n) is 5.58. The van der Waals surface area contributed by atoms with E-state index in [9.17, 15) is 0 Å². The molecule has 1 aliphatic rings. The van der Waals surface area contributed by atoms with Crippen molar-refractivity contribution >= 4 is 0 Å². The van der Waals surface area contributed by atoms with Crippen molar-refractivity contribution in [3.63, 3.8) is 0 Å². The number of nitrogens with one attached hydrogen (secondary N) is 1. The van der Waals surface area contributed by atoms with Crippen molar-refractivity contribution < 1.29 is 0 Å². The minimum Gasteiger partial charge on any atom is -0.315 e. The van der Waals surface area contributed by atoms with Crippen LogP contribution in [0.25, 0.3) is 0 Å². The third-order valence-electron chi connectivity index (χ3n) is 3.66. The summed E-state index contributed by atoms with van der Waals surface area (Å²) in [6, 6.07) is 6.75. The molecule has 0 bridgehead atoms. The van der Waals surface area contributed by atoms with E-state index >= 15 is 0 Å². The number of aromatic nitrogens is 1. The third-order valence-corrected chi connectivity index (χ3v) is 3.66. The van der Waals surface area contributed by atoms with Crippen LogP contribution in [0.3, 0.4) is 0 Å². The molecule has 1 atom stereocenters. The zero-order valence-electron chi connectivity index (χ0n) is 11.1. The van der Waals surface area contributed by atoms with E-state index in [1.165, 1.54) is 6.42 Å². The first-order valence-corrected chi connectivity index (χ1v) is 6.47. The van der Waals surface area contributed by atoms with E-state index in [4.69, 9.17) is 0 Å². The van der Waals surface area contributed by atoms with Gasteiger partial charge in [-0.3, -0.25) is 9.88 Å². The lowest BCUT2D eigenvalue weighted by Gasteiger charge is -2.40. The molecule has 3 heteroatoms. The molecule has 3 nitrogen and oxygen atoms in total. The van der Waals surface area contributed by atoms with Gasteiger partial charge in [0.1, 0.15) is 0 Å². The molecule has 1 fully saturated rings. The average molecular weight is 233 g/mol. The predicted octanol–water partition coefficient (Wildman–Crippen LogP) is 2.04. The molecule has 0 radical (unpaired) electrons. The van der Waals surface area contributed by atoms with Gasteiger partial charge in [-0.25, -0.2) is 0 Å². The lowest BCUT2D eigenvalue weighted by Crippen LogP contribution is -2.51. The first kappa shape index (κ1) is 12.5. The molecule has 0 spiro atoms. The van der Waals surface area contributed by atoms with Crippen LogP contribution in [0.1, 0.15) is 32.9 Å². The molecule has 94 valence electrons. The van der Waals surface area contributed by atoms with E-state index in [2.05, 4.69) is 48.1 Å². The highest BCUT2D eigenvalue weighted by Crippen LogP contribution is 2.23. The quantitative estimate of drug-likeness (QED) is 0.847. The standard InChI is InChI=1S/C14H23N3/c1-12-7-9-15-11-14(2,3)17(12)10-13-6-4-5-8-16-13/h4-6,8,12,15H,7,9-11H2,1-3H3. The molecule has 17 heavy (non-hydrogen) atoms. The Morgan fingerprint density at radius 1 is 1.47 bits per heavy atom. The lowest BCUT2D eigenvalue weighted by atomic mass is 10.0.